The second kappa shape index (κ2) is 8.39. The first-order valence-corrected chi connectivity index (χ1v) is 6.14. The summed E-state index contributed by atoms with van der Waals surface area (Å²) < 4.78 is 0. The maximum absolute atomic E-state index is 4.51. The number of aliphatic imine (C=N–C) groups is 1. The van der Waals surface area contributed by atoms with Gasteiger partial charge in [-0.25, -0.2) is 0 Å². The molecule has 0 amide bonds. The van der Waals surface area contributed by atoms with Crippen molar-refractivity contribution in [2.75, 3.05) is 27.2 Å². The second-order valence-corrected chi connectivity index (χ2v) is 4.95. The van der Waals surface area contributed by atoms with Crippen LogP contribution in [0.5, 0.6) is 0 Å². The Kier molecular flexibility index (Phi) is 7.99. The lowest BCUT2D eigenvalue weighted by Crippen LogP contribution is -2.42. The third kappa shape index (κ3) is 9.77. The number of nitrogens with zero attached hydrogens (tertiary/aromatic N) is 2. The molecule has 0 aliphatic rings. The van der Waals surface area contributed by atoms with Crippen molar-refractivity contribution in [2.24, 2.45) is 4.99 Å². The van der Waals surface area contributed by atoms with Crippen LogP contribution in [0.3, 0.4) is 0 Å². The van der Waals surface area contributed by atoms with E-state index in [0.29, 0.717) is 12.1 Å². The van der Waals surface area contributed by atoms with E-state index in [2.05, 4.69) is 62.3 Å². The summed E-state index contributed by atoms with van der Waals surface area (Å²) >= 11 is 0. The minimum absolute atomic E-state index is 0.322. The number of hydrogen-bond acceptors (Lipinski definition) is 2. The molecule has 0 saturated heterocycles. The van der Waals surface area contributed by atoms with Gasteiger partial charge in [0, 0.05) is 18.6 Å². The number of rotatable bonds is 6. The van der Waals surface area contributed by atoms with Crippen LogP contribution in [0.25, 0.3) is 0 Å². The van der Waals surface area contributed by atoms with Crippen LogP contribution in [-0.4, -0.2) is 50.1 Å². The lowest BCUT2D eigenvalue weighted by molar-refractivity contribution is 0.399. The number of guanidine groups is 1. The highest BCUT2D eigenvalue weighted by atomic mass is 15.2. The molecule has 4 heteroatoms. The molecule has 0 aromatic heterocycles. The first-order valence-electron chi connectivity index (χ1n) is 6.14. The predicted molar refractivity (Wildman–Crippen MR) is 72.0 cm³/mol. The Morgan fingerprint density at radius 2 is 1.81 bits per heavy atom. The lowest BCUT2D eigenvalue weighted by atomic mass is 10.4. The zero-order valence-corrected chi connectivity index (χ0v) is 11.7. The fraction of sp³-hybridized carbons (Fsp3) is 0.917. The van der Waals surface area contributed by atoms with Gasteiger partial charge in [0.05, 0.1) is 0 Å². The Bertz CT molecular complexity index is 197. The third-order valence-corrected chi connectivity index (χ3v) is 1.89. The van der Waals surface area contributed by atoms with Crippen LogP contribution < -0.4 is 10.6 Å². The van der Waals surface area contributed by atoms with Crippen molar-refractivity contribution < 1.29 is 0 Å². The van der Waals surface area contributed by atoms with Crippen LogP contribution >= 0.6 is 0 Å². The minimum atomic E-state index is 0.322. The van der Waals surface area contributed by atoms with Crippen molar-refractivity contribution in [3.05, 3.63) is 0 Å². The fourth-order valence-corrected chi connectivity index (χ4v) is 1.27. The quantitative estimate of drug-likeness (QED) is 0.409. The van der Waals surface area contributed by atoms with E-state index in [1.165, 1.54) is 0 Å². The molecule has 16 heavy (non-hydrogen) atoms. The average Bonchev–Trinajstić information content (AvgIpc) is 2.09. The molecule has 0 atom stereocenters. The van der Waals surface area contributed by atoms with Crippen molar-refractivity contribution in [3.63, 3.8) is 0 Å². The number of hydrogen-bond donors (Lipinski definition) is 2. The fourth-order valence-electron chi connectivity index (χ4n) is 1.27. The summed E-state index contributed by atoms with van der Waals surface area (Å²) in [6.45, 7) is 10.5. The van der Waals surface area contributed by atoms with E-state index >= 15 is 0 Å². The first-order chi connectivity index (χ1) is 7.41. The first kappa shape index (κ1) is 15.2. The Labute approximate surface area is 101 Å². The molecule has 0 rings (SSSR count). The maximum atomic E-state index is 4.51. The summed E-state index contributed by atoms with van der Waals surface area (Å²) in [6, 6.07) is 0.737. The minimum Gasteiger partial charge on any atom is -0.356 e. The molecule has 0 fully saturated rings. The Morgan fingerprint density at radius 3 is 2.25 bits per heavy atom. The molecule has 0 aliphatic carbocycles. The smallest absolute Gasteiger partial charge is 0.191 e. The highest BCUT2D eigenvalue weighted by Crippen LogP contribution is 1.88. The van der Waals surface area contributed by atoms with Crippen LogP contribution in [0.4, 0.5) is 0 Å². The average molecular weight is 228 g/mol. The van der Waals surface area contributed by atoms with Gasteiger partial charge in [0.15, 0.2) is 5.96 Å². The van der Waals surface area contributed by atoms with Gasteiger partial charge in [0.25, 0.3) is 0 Å². The molecule has 0 aromatic rings. The summed E-state index contributed by atoms with van der Waals surface area (Å²) in [6.07, 6.45) is 1.13. The molecule has 0 bridgehead atoms. The van der Waals surface area contributed by atoms with Gasteiger partial charge in [0.2, 0.25) is 0 Å². The summed E-state index contributed by atoms with van der Waals surface area (Å²) in [4.78, 5) is 6.71. The SMILES string of the molecule is CC(C)/N=C(\NCCCN(C)C)NC(C)C. The van der Waals surface area contributed by atoms with Gasteiger partial charge in [-0.3, -0.25) is 4.99 Å². The molecule has 96 valence electrons. The predicted octanol–water partition coefficient (Wildman–Crippen LogP) is 1.29. The summed E-state index contributed by atoms with van der Waals surface area (Å²) in [7, 11) is 4.19. The molecule has 4 nitrogen and oxygen atoms in total. The van der Waals surface area contributed by atoms with Gasteiger partial charge in [-0.2, -0.15) is 0 Å². The summed E-state index contributed by atoms with van der Waals surface area (Å²) in [5.41, 5.74) is 0. The normalized spacial score (nSPS) is 12.7. The molecule has 0 saturated carbocycles. The summed E-state index contributed by atoms with van der Waals surface area (Å²) in [5.74, 6) is 0.920. The zero-order chi connectivity index (χ0) is 12.6. The van der Waals surface area contributed by atoms with E-state index in [1.807, 2.05) is 0 Å². The van der Waals surface area contributed by atoms with Crippen molar-refractivity contribution in [1.29, 1.82) is 0 Å². The van der Waals surface area contributed by atoms with Crippen LogP contribution in [0.15, 0.2) is 4.99 Å². The highest BCUT2D eigenvalue weighted by molar-refractivity contribution is 5.80. The summed E-state index contributed by atoms with van der Waals surface area (Å²) in [5, 5.41) is 6.67. The molecule has 0 aliphatic heterocycles. The molecular formula is C12H28N4. The van der Waals surface area contributed by atoms with E-state index in [1.54, 1.807) is 0 Å². The van der Waals surface area contributed by atoms with Crippen molar-refractivity contribution in [1.82, 2.24) is 15.5 Å². The van der Waals surface area contributed by atoms with E-state index in [4.69, 9.17) is 0 Å². The molecule has 0 spiro atoms. The maximum Gasteiger partial charge on any atom is 0.191 e. The Balaban J connectivity index is 3.93. The van der Waals surface area contributed by atoms with Crippen LogP contribution in [0.2, 0.25) is 0 Å². The second-order valence-electron chi connectivity index (χ2n) is 4.95. The standard InChI is InChI=1S/C12H28N4/c1-10(2)14-12(15-11(3)4)13-8-7-9-16(5)6/h10-11H,7-9H2,1-6H3,(H2,13,14,15). The Hall–Kier alpha value is -0.770. The van der Waals surface area contributed by atoms with E-state index in [0.717, 1.165) is 25.5 Å². The molecule has 0 unspecified atom stereocenters. The van der Waals surface area contributed by atoms with Crippen molar-refractivity contribution in [2.45, 2.75) is 46.2 Å². The highest BCUT2D eigenvalue weighted by Gasteiger charge is 2.01. The molecule has 0 aromatic carbocycles. The third-order valence-electron chi connectivity index (χ3n) is 1.89. The van der Waals surface area contributed by atoms with Gasteiger partial charge >= 0.3 is 0 Å². The van der Waals surface area contributed by atoms with Crippen LogP contribution in [0.1, 0.15) is 34.1 Å². The topological polar surface area (TPSA) is 39.7 Å². The van der Waals surface area contributed by atoms with Gasteiger partial charge < -0.3 is 15.5 Å². The van der Waals surface area contributed by atoms with Crippen LogP contribution in [0, 0.1) is 0 Å². The molecular weight excluding hydrogens is 200 g/mol. The number of nitrogens with one attached hydrogen (secondary N) is 2. The van der Waals surface area contributed by atoms with E-state index in [-0.39, 0.29) is 0 Å². The monoisotopic (exact) mass is 228 g/mol. The molecule has 0 radical (unpaired) electrons. The van der Waals surface area contributed by atoms with E-state index < -0.39 is 0 Å². The van der Waals surface area contributed by atoms with Gasteiger partial charge in [-0.05, 0) is 54.8 Å². The van der Waals surface area contributed by atoms with Gasteiger partial charge in [-0.1, -0.05) is 0 Å². The van der Waals surface area contributed by atoms with E-state index in [9.17, 15) is 0 Å². The van der Waals surface area contributed by atoms with Crippen molar-refractivity contribution in [3.8, 4) is 0 Å². The molecule has 2 N–H and O–H groups in total. The zero-order valence-electron chi connectivity index (χ0n) is 11.7. The largest absolute Gasteiger partial charge is 0.356 e. The van der Waals surface area contributed by atoms with Gasteiger partial charge in [0.1, 0.15) is 0 Å². The Morgan fingerprint density at radius 1 is 1.19 bits per heavy atom. The van der Waals surface area contributed by atoms with Gasteiger partial charge in [-0.15, -0.1) is 0 Å². The van der Waals surface area contributed by atoms with Crippen LogP contribution in [-0.2, 0) is 0 Å². The van der Waals surface area contributed by atoms with Crippen molar-refractivity contribution >= 4 is 5.96 Å². The molecule has 0 heterocycles. The lowest BCUT2D eigenvalue weighted by Gasteiger charge is -2.17.